The fourth-order valence-corrected chi connectivity index (χ4v) is 2.05. The van der Waals surface area contributed by atoms with Crippen molar-refractivity contribution < 1.29 is 0 Å². The Morgan fingerprint density at radius 1 is 1.15 bits per heavy atom. The molecule has 2 rings (SSSR count). The topological polar surface area (TPSA) is 28.7 Å². The van der Waals surface area contributed by atoms with Gasteiger partial charge >= 0.3 is 0 Å². The molecule has 2 nitrogen and oxygen atoms in total. The fraction of sp³-hybridized carbons (Fsp3) is 0.700. The molecule has 13 heavy (non-hydrogen) atoms. The van der Waals surface area contributed by atoms with E-state index in [1.165, 1.54) is 44.3 Å². The van der Waals surface area contributed by atoms with Gasteiger partial charge in [0.05, 0.1) is 0 Å². The molecular formula is C10H17ClN2. The lowest BCUT2D eigenvalue weighted by Crippen LogP contribution is -1.98. The first kappa shape index (κ1) is 10.6. The molecule has 0 aromatic carbocycles. The van der Waals surface area contributed by atoms with E-state index >= 15 is 0 Å². The Kier molecular flexibility index (Phi) is 4.29. The van der Waals surface area contributed by atoms with Gasteiger partial charge < -0.3 is 4.98 Å². The van der Waals surface area contributed by atoms with Crippen LogP contribution in [-0.4, -0.2) is 9.97 Å². The summed E-state index contributed by atoms with van der Waals surface area (Å²) in [6.07, 6.45) is 12.0. The third-order valence-electron chi connectivity index (χ3n) is 2.76. The van der Waals surface area contributed by atoms with Gasteiger partial charge in [-0.05, 0) is 12.8 Å². The highest BCUT2D eigenvalue weighted by atomic mass is 35.5. The van der Waals surface area contributed by atoms with E-state index in [0.717, 1.165) is 0 Å². The van der Waals surface area contributed by atoms with Gasteiger partial charge in [-0.3, -0.25) is 0 Å². The number of aromatic nitrogens is 2. The quantitative estimate of drug-likeness (QED) is 0.693. The van der Waals surface area contributed by atoms with Gasteiger partial charge in [-0.15, -0.1) is 12.4 Å². The maximum Gasteiger partial charge on any atom is 0.109 e. The van der Waals surface area contributed by atoms with Crippen LogP contribution in [0.2, 0.25) is 0 Å². The smallest absolute Gasteiger partial charge is 0.109 e. The Labute approximate surface area is 85.6 Å². The number of hydrogen-bond donors (Lipinski definition) is 1. The minimum absolute atomic E-state index is 0. The van der Waals surface area contributed by atoms with Crippen LogP contribution >= 0.6 is 12.4 Å². The maximum atomic E-state index is 4.33. The van der Waals surface area contributed by atoms with Crippen LogP contribution in [0.15, 0.2) is 12.4 Å². The third kappa shape index (κ3) is 2.73. The van der Waals surface area contributed by atoms with E-state index in [2.05, 4.69) is 9.97 Å². The number of imidazole rings is 1. The lowest BCUT2D eigenvalue weighted by atomic mass is 10.00. The maximum absolute atomic E-state index is 4.33. The molecule has 0 amide bonds. The molecule has 1 heterocycles. The molecule has 1 saturated carbocycles. The Balaban J connectivity index is 0.000000845. The first-order valence-corrected chi connectivity index (χ1v) is 4.96. The van der Waals surface area contributed by atoms with Gasteiger partial charge in [-0.25, -0.2) is 4.98 Å². The molecule has 0 spiro atoms. The summed E-state index contributed by atoms with van der Waals surface area (Å²) in [5, 5.41) is 0. The molecule has 1 aromatic heterocycles. The second kappa shape index (κ2) is 5.28. The molecule has 74 valence electrons. The summed E-state index contributed by atoms with van der Waals surface area (Å²) in [6, 6.07) is 0. The van der Waals surface area contributed by atoms with Crippen molar-refractivity contribution in [1.82, 2.24) is 9.97 Å². The number of hydrogen-bond acceptors (Lipinski definition) is 1. The lowest BCUT2D eigenvalue weighted by Gasteiger charge is -2.09. The van der Waals surface area contributed by atoms with Crippen LogP contribution in [0, 0.1) is 0 Å². The summed E-state index contributed by atoms with van der Waals surface area (Å²) < 4.78 is 0. The second-order valence-corrected chi connectivity index (χ2v) is 3.66. The van der Waals surface area contributed by atoms with Crippen LogP contribution in [0.4, 0.5) is 0 Å². The third-order valence-corrected chi connectivity index (χ3v) is 2.76. The van der Waals surface area contributed by atoms with E-state index in [-0.39, 0.29) is 12.4 Å². The summed E-state index contributed by atoms with van der Waals surface area (Å²) in [7, 11) is 0. The summed E-state index contributed by atoms with van der Waals surface area (Å²) in [6.45, 7) is 0. The standard InChI is InChI=1S/C10H16N2.ClH/c1-2-4-6-9(5-3-1)10-11-7-8-12-10;/h7-9H,1-6H2,(H,11,12);1H. The van der Waals surface area contributed by atoms with Crippen LogP contribution in [0.25, 0.3) is 0 Å². The molecule has 1 N–H and O–H groups in total. The monoisotopic (exact) mass is 200 g/mol. The van der Waals surface area contributed by atoms with Crippen LogP contribution < -0.4 is 0 Å². The number of H-pyrrole nitrogens is 1. The van der Waals surface area contributed by atoms with E-state index in [4.69, 9.17) is 0 Å². The van der Waals surface area contributed by atoms with Gasteiger partial charge in [-0.1, -0.05) is 25.7 Å². The molecule has 1 aliphatic carbocycles. The largest absolute Gasteiger partial charge is 0.348 e. The Hall–Kier alpha value is -0.500. The van der Waals surface area contributed by atoms with Crippen molar-refractivity contribution in [1.29, 1.82) is 0 Å². The van der Waals surface area contributed by atoms with Crippen LogP contribution in [0.1, 0.15) is 50.3 Å². The minimum Gasteiger partial charge on any atom is -0.348 e. The molecule has 0 unspecified atom stereocenters. The fourth-order valence-electron chi connectivity index (χ4n) is 2.05. The van der Waals surface area contributed by atoms with Crippen molar-refractivity contribution in [3.8, 4) is 0 Å². The first-order chi connectivity index (χ1) is 5.97. The Morgan fingerprint density at radius 3 is 2.38 bits per heavy atom. The highest BCUT2D eigenvalue weighted by Gasteiger charge is 2.15. The van der Waals surface area contributed by atoms with E-state index in [1.807, 2.05) is 12.4 Å². The number of aromatic amines is 1. The van der Waals surface area contributed by atoms with Gasteiger partial charge in [-0.2, -0.15) is 0 Å². The van der Waals surface area contributed by atoms with E-state index in [0.29, 0.717) is 5.92 Å². The molecule has 0 saturated heterocycles. The van der Waals surface area contributed by atoms with Crippen LogP contribution in [-0.2, 0) is 0 Å². The number of nitrogens with zero attached hydrogens (tertiary/aromatic N) is 1. The normalized spacial score (nSPS) is 19.1. The minimum atomic E-state index is 0. The van der Waals surface area contributed by atoms with Crippen LogP contribution in [0.5, 0.6) is 0 Å². The van der Waals surface area contributed by atoms with Gasteiger partial charge in [0.25, 0.3) is 0 Å². The van der Waals surface area contributed by atoms with Crippen molar-refractivity contribution in [2.45, 2.75) is 44.4 Å². The average molecular weight is 201 g/mol. The highest BCUT2D eigenvalue weighted by Crippen LogP contribution is 2.29. The molecule has 3 heteroatoms. The summed E-state index contributed by atoms with van der Waals surface area (Å²) in [4.78, 5) is 7.55. The Bertz CT molecular complexity index is 213. The zero-order chi connectivity index (χ0) is 8.23. The molecule has 1 aliphatic rings. The second-order valence-electron chi connectivity index (χ2n) is 3.66. The van der Waals surface area contributed by atoms with Gasteiger partial charge in [0.2, 0.25) is 0 Å². The molecule has 0 radical (unpaired) electrons. The predicted octanol–water partition coefficient (Wildman–Crippen LogP) is 3.27. The van der Waals surface area contributed by atoms with Crippen molar-refractivity contribution in [2.75, 3.05) is 0 Å². The van der Waals surface area contributed by atoms with E-state index in [1.54, 1.807) is 0 Å². The van der Waals surface area contributed by atoms with E-state index in [9.17, 15) is 0 Å². The van der Waals surface area contributed by atoms with Gasteiger partial charge in [0, 0.05) is 18.3 Å². The summed E-state index contributed by atoms with van der Waals surface area (Å²) in [5.74, 6) is 1.92. The zero-order valence-corrected chi connectivity index (χ0v) is 8.65. The summed E-state index contributed by atoms with van der Waals surface area (Å²) >= 11 is 0. The molecule has 0 bridgehead atoms. The SMILES string of the molecule is Cl.c1c[nH]c(C2CCCCCC2)n1. The van der Waals surface area contributed by atoms with Crippen molar-refractivity contribution in [3.63, 3.8) is 0 Å². The van der Waals surface area contributed by atoms with Crippen molar-refractivity contribution in [2.24, 2.45) is 0 Å². The Morgan fingerprint density at radius 2 is 1.85 bits per heavy atom. The van der Waals surface area contributed by atoms with Crippen molar-refractivity contribution in [3.05, 3.63) is 18.2 Å². The zero-order valence-electron chi connectivity index (χ0n) is 7.83. The van der Waals surface area contributed by atoms with Crippen LogP contribution in [0.3, 0.4) is 0 Å². The number of nitrogens with one attached hydrogen (secondary N) is 1. The van der Waals surface area contributed by atoms with E-state index < -0.39 is 0 Å². The van der Waals surface area contributed by atoms with Crippen molar-refractivity contribution >= 4 is 12.4 Å². The predicted molar refractivity (Wildman–Crippen MR) is 56.3 cm³/mol. The molecule has 0 aliphatic heterocycles. The number of rotatable bonds is 1. The summed E-state index contributed by atoms with van der Waals surface area (Å²) in [5.41, 5.74) is 0. The molecular weight excluding hydrogens is 184 g/mol. The van der Waals surface area contributed by atoms with Gasteiger partial charge in [0.15, 0.2) is 0 Å². The molecule has 1 fully saturated rings. The number of halogens is 1. The van der Waals surface area contributed by atoms with Gasteiger partial charge in [0.1, 0.15) is 5.82 Å². The average Bonchev–Trinajstić information content (AvgIpc) is 2.48. The molecule has 1 aromatic rings. The first-order valence-electron chi connectivity index (χ1n) is 4.96. The lowest BCUT2D eigenvalue weighted by molar-refractivity contribution is 0.566. The molecule has 0 atom stereocenters. The highest BCUT2D eigenvalue weighted by molar-refractivity contribution is 5.85.